The van der Waals surface area contributed by atoms with Crippen molar-refractivity contribution in [1.82, 2.24) is 15.3 Å². The third kappa shape index (κ3) is 3.88. The first-order valence-corrected chi connectivity index (χ1v) is 8.22. The zero-order valence-electron chi connectivity index (χ0n) is 13.7. The van der Waals surface area contributed by atoms with Gasteiger partial charge in [-0.15, -0.1) is 0 Å². The predicted octanol–water partition coefficient (Wildman–Crippen LogP) is 2.78. The van der Waals surface area contributed by atoms with Gasteiger partial charge in [0.1, 0.15) is 23.7 Å². The summed E-state index contributed by atoms with van der Waals surface area (Å²) in [7, 11) is 0. The molecule has 1 amide bonds. The number of anilines is 1. The molecule has 5 nitrogen and oxygen atoms in total. The first-order chi connectivity index (χ1) is 11.6. The van der Waals surface area contributed by atoms with Crippen LogP contribution in [0.1, 0.15) is 35.8 Å². The highest BCUT2D eigenvalue weighted by molar-refractivity contribution is 5.92. The van der Waals surface area contributed by atoms with Crippen molar-refractivity contribution < 1.29 is 9.18 Å². The highest BCUT2D eigenvalue weighted by Crippen LogP contribution is 2.21. The molecule has 1 aromatic carbocycles. The summed E-state index contributed by atoms with van der Waals surface area (Å²) in [6.45, 7) is 4.23. The van der Waals surface area contributed by atoms with Crippen molar-refractivity contribution >= 4 is 11.7 Å². The maximum Gasteiger partial charge on any atom is 0.270 e. The molecule has 1 aromatic heterocycles. The highest BCUT2D eigenvalue weighted by atomic mass is 19.1. The van der Waals surface area contributed by atoms with Gasteiger partial charge in [-0.05, 0) is 24.8 Å². The number of aromatic nitrogens is 2. The summed E-state index contributed by atoms with van der Waals surface area (Å²) in [5.41, 5.74) is 0.750. The van der Waals surface area contributed by atoms with Crippen LogP contribution in [-0.2, 0) is 6.54 Å². The molecule has 1 aliphatic heterocycles. The van der Waals surface area contributed by atoms with Gasteiger partial charge in [-0.1, -0.05) is 25.1 Å². The Kier molecular flexibility index (Phi) is 5.03. The van der Waals surface area contributed by atoms with Gasteiger partial charge in [-0.3, -0.25) is 4.79 Å². The highest BCUT2D eigenvalue weighted by Gasteiger charge is 2.19. The molecule has 1 N–H and O–H groups in total. The van der Waals surface area contributed by atoms with Gasteiger partial charge in [0.25, 0.3) is 5.91 Å². The van der Waals surface area contributed by atoms with Crippen LogP contribution in [0.25, 0.3) is 0 Å². The van der Waals surface area contributed by atoms with Crippen LogP contribution >= 0.6 is 0 Å². The van der Waals surface area contributed by atoms with E-state index in [2.05, 4.69) is 27.1 Å². The van der Waals surface area contributed by atoms with Gasteiger partial charge >= 0.3 is 0 Å². The maximum absolute atomic E-state index is 13.6. The minimum absolute atomic E-state index is 0.131. The number of amides is 1. The molecule has 1 unspecified atom stereocenters. The summed E-state index contributed by atoms with van der Waals surface area (Å²) < 4.78 is 13.6. The Morgan fingerprint density at radius 3 is 3.00 bits per heavy atom. The first kappa shape index (κ1) is 16.4. The third-order valence-electron chi connectivity index (χ3n) is 4.26. The Labute approximate surface area is 140 Å². The molecule has 6 heteroatoms. The molecule has 1 atom stereocenters. The van der Waals surface area contributed by atoms with Gasteiger partial charge in [-0.25, -0.2) is 14.4 Å². The van der Waals surface area contributed by atoms with Crippen LogP contribution in [-0.4, -0.2) is 29.0 Å². The van der Waals surface area contributed by atoms with Gasteiger partial charge in [0.05, 0.1) is 0 Å². The minimum atomic E-state index is -0.330. The minimum Gasteiger partial charge on any atom is -0.356 e. The van der Waals surface area contributed by atoms with Gasteiger partial charge in [0, 0.05) is 31.3 Å². The molecule has 2 aromatic rings. The van der Waals surface area contributed by atoms with Crippen molar-refractivity contribution in [3.8, 4) is 0 Å². The molecule has 0 bridgehead atoms. The SMILES string of the molecule is CC1CCCN(c2cc(C(=O)NCc3ccccc3F)ncn2)C1. The summed E-state index contributed by atoms with van der Waals surface area (Å²) in [5.74, 6) is 0.732. The van der Waals surface area contributed by atoms with E-state index >= 15 is 0 Å². The summed E-state index contributed by atoms with van der Waals surface area (Å²) in [6.07, 6.45) is 3.75. The van der Waals surface area contributed by atoms with Crippen LogP contribution in [0, 0.1) is 11.7 Å². The molecule has 2 heterocycles. The summed E-state index contributed by atoms with van der Waals surface area (Å²) in [5, 5.41) is 2.71. The Morgan fingerprint density at radius 2 is 2.21 bits per heavy atom. The second-order valence-corrected chi connectivity index (χ2v) is 6.23. The normalized spacial score (nSPS) is 17.6. The standard InChI is InChI=1S/C18H21FN4O/c1-13-5-4-8-23(11-13)17-9-16(21-12-22-17)18(24)20-10-14-6-2-3-7-15(14)19/h2-3,6-7,9,12-13H,4-5,8,10-11H2,1H3,(H,20,24). The van der Waals surface area contributed by atoms with E-state index in [1.165, 1.54) is 18.8 Å². The summed E-state index contributed by atoms with van der Waals surface area (Å²) >= 11 is 0. The van der Waals surface area contributed by atoms with E-state index in [4.69, 9.17) is 0 Å². The van der Waals surface area contributed by atoms with Gasteiger partial charge < -0.3 is 10.2 Å². The van der Waals surface area contributed by atoms with Crippen molar-refractivity contribution in [1.29, 1.82) is 0 Å². The van der Waals surface area contributed by atoms with E-state index in [-0.39, 0.29) is 18.3 Å². The zero-order valence-corrected chi connectivity index (χ0v) is 13.7. The van der Waals surface area contributed by atoms with Crippen LogP contribution in [0.15, 0.2) is 36.7 Å². The molecule has 0 radical (unpaired) electrons. The number of benzene rings is 1. The lowest BCUT2D eigenvalue weighted by Crippen LogP contribution is -2.35. The molecular formula is C18H21FN4O. The lowest BCUT2D eigenvalue weighted by Gasteiger charge is -2.31. The van der Waals surface area contributed by atoms with Crippen molar-refractivity contribution in [2.24, 2.45) is 5.92 Å². The van der Waals surface area contributed by atoms with Crippen molar-refractivity contribution in [3.63, 3.8) is 0 Å². The molecule has 126 valence electrons. The van der Waals surface area contributed by atoms with Crippen LogP contribution in [0.2, 0.25) is 0 Å². The number of carbonyl (C=O) groups excluding carboxylic acids is 1. The quantitative estimate of drug-likeness (QED) is 0.937. The fourth-order valence-corrected chi connectivity index (χ4v) is 2.95. The Hall–Kier alpha value is -2.50. The largest absolute Gasteiger partial charge is 0.356 e. The predicted molar refractivity (Wildman–Crippen MR) is 90.2 cm³/mol. The number of carbonyl (C=O) groups is 1. The van der Waals surface area contributed by atoms with E-state index < -0.39 is 0 Å². The van der Waals surface area contributed by atoms with Crippen LogP contribution in [0.5, 0.6) is 0 Å². The van der Waals surface area contributed by atoms with Gasteiger partial charge in [0.2, 0.25) is 0 Å². The number of nitrogens with one attached hydrogen (secondary N) is 1. The number of piperidine rings is 1. The average Bonchev–Trinajstić information content (AvgIpc) is 2.61. The Bertz CT molecular complexity index is 722. The van der Waals surface area contributed by atoms with E-state index in [1.54, 1.807) is 24.3 Å². The van der Waals surface area contributed by atoms with Crippen LogP contribution in [0.4, 0.5) is 10.2 Å². The topological polar surface area (TPSA) is 58.1 Å². The summed E-state index contributed by atoms with van der Waals surface area (Å²) in [4.78, 5) is 22.8. The number of hydrogen-bond acceptors (Lipinski definition) is 4. The number of rotatable bonds is 4. The van der Waals surface area contributed by atoms with Gasteiger partial charge in [0.15, 0.2) is 0 Å². The average molecular weight is 328 g/mol. The van der Waals surface area contributed by atoms with Crippen LogP contribution in [0.3, 0.4) is 0 Å². The molecule has 24 heavy (non-hydrogen) atoms. The third-order valence-corrected chi connectivity index (χ3v) is 4.26. The molecule has 0 aliphatic carbocycles. The van der Waals surface area contributed by atoms with Crippen molar-refractivity contribution in [3.05, 3.63) is 53.7 Å². The van der Waals surface area contributed by atoms with E-state index in [0.717, 1.165) is 25.3 Å². The molecule has 0 spiro atoms. The fourth-order valence-electron chi connectivity index (χ4n) is 2.95. The molecule has 1 aliphatic rings. The Balaban J connectivity index is 1.67. The van der Waals surface area contributed by atoms with E-state index in [1.807, 2.05) is 0 Å². The lowest BCUT2D eigenvalue weighted by molar-refractivity contribution is 0.0945. The maximum atomic E-state index is 13.6. The van der Waals surface area contributed by atoms with Crippen molar-refractivity contribution in [2.75, 3.05) is 18.0 Å². The number of hydrogen-bond donors (Lipinski definition) is 1. The van der Waals surface area contributed by atoms with Gasteiger partial charge in [-0.2, -0.15) is 0 Å². The van der Waals surface area contributed by atoms with Crippen LogP contribution < -0.4 is 10.2 Å². The second kappa shape index (κ2) is 7.38. The van der Waals surface area contributed by atoms with E-state index in [9.17, 15) is 9.18 Å². The first-order valence-electron chi connectivity index (χ1n) is 8.22. The summed E-state index contributed by atoms with van der Waals surface area (Å²) in [6, 6.07) is 8.09. The Morgan fingerprint density at radius 1 is 1.38 bits per heavy atom. The lowest BCUT2D eigenvalue weighted by atomic mass is 10.0. The number of halogens is 1. The monoisotopic (exact) mass is 328 g/mol. The van der Waals surface area contributed by atoms with Crippen molar-refractivity contribution in [2.45, 2.75) is 26.3 Å². The zero-order chi connectivity index (χ0) is 16.9. The molecule has 3 rings (SSSR count). The molecule has 1 fully saturated rings. The molecule has 1 saturated heterocycles. The second-order valence-electron chi connectivity index (χ2n) is 6.23. The molecule has 0 saturated carbocycles. The fraction of sp³-hybridized carbons (Fsp3) is 0.389. The molecular weight excluding hydrogens is 307 g/mol. The number of nitrogens with zero attached hydrogens (tertiary/aromatic N) is 3. The van der Waals surface area contributed by atoms with E-state index in [0.29, 0.717) is 17.2 Å². The smallest absolute Gasteiger partial charge is 0.270 e.